The molecule has 2 heterocycles. The van der Waals surface area contributed by atoms with Gasteiger partial charge in [-0.15, -0.1) is 11.3 Å². The summed E-state index contributed by atoms with van der Waals surface area (Å²) < 4.78 is 0. The Hall–Kier alpha value is -1.46. The summed E-state index contributed by atoms with van der Waals surface area (Å²) in [5.74, 6) is 0.231. The van der Waals surface area contributed by atoms with Crippen LogP contribution in [0.2, 0.25) is 0 Å². The molecule has 0 fully saturated rings. The molecule has 0 saturated heterocycles. The number of thiazole rings is 1. The van der Waals surface area contributed by atoms with E-state index in [1.54, 1.807) is 29.7 Å². The van der Waals surface area contributed by atoms with E-state index in [0.29, 0.717) is 12.2 Å². The Labute approximate surface area is 111 Å². The summed E-state index contributed by atoms with van der Waals surface area (Å²) in [7, 11) is 0. The van der Waals surface area contributed by atoms with Gasteiger partial charge in [0.05, 0.1) is 16.4 Å². The molecular formula is C13H17N3OS. The molecule has 0 aromatic carbocycles. The van der Waals surface area contributed by atoms with Crippen molar-refractivity contribution in [1.29, 1.82) is 0 Å². The average Bonchev–Trinajstić information content (AvgIpc) is 2.67. The van der Waals surface area contributed by atoms with Crippen molar-refractivity contribution in [3.8, 4) is 5.75 Å². The first-order valence-electron chi connectivity index (χ1n) is 5.88. The minimum atomic E-state index is 0.206. The van der Waals surface area contributed by atoms with Crippen molar-refractivity contribution in [1.82, 2.24) is 15.3 Å². The number of aryl methyl sites for hydroxylation is 2. The Morgan fingerprint density at radius 2 is 2.22 bits per heavy atom. The fourth-order valence-electron chi connectivity index (χ4n) is 1.86. The zero-order valence-electron chi connectivity index (χ0n) is 10.8. The van der Waals surface area contributed by atoms with E-state index in [1.807, 2.05) is 13.8 Å². The predicted molar refractivity (Wildman–Crippen MR) is 72.7 cm³/mol. The van der Waals surface area contributed by atoms with Gasteiger partial charge in [-0.1, -0.05) is 0 Å². The topological polar surface area (TPSA) is 58.0 Å². The molecule has 0 radical (unpaired) electrons. The van der Waals surface area contributed by atoms with Crippen molar-refractivity contribution < 1.29 is 5.11 Å². The summed E-state index contributed by atoms with van der Waals surface area (Å²) >= 11 is 1.71. The molecule has 4 nitrogen and oxygen atoms in total. The zero-order chi connectivity index (χ0) is 13.1. The monoisotopic (exact) mass is 263 g/mol. The molecule has 0 amide bonds. The summed E-state index contributed by atoms with van der Waals surface area (Å²) in [4.78, 5) is 9.80. The largest absolute Gasteiger partial charge is 0.506 e. The number of rotatable bonds is 4. The van der Waals surface area contributed by atoms with E-state index in [1.165, 1.54) is 4.88 Å². The van der Waals surface area contributed by atoms with Crippen LogP contribution in [0.1, 0.15) is 34.2 Å². The molecular weight excluding hydrogens is 246 g/mol. The molecule has 1 atom stereocenters. The van der Waals surface area contributed by atoms with Crippen LogP contribution in [0.25, 0.3) is 0 Å². The summed E-state index contributed by atoms with van der Waals surface area (Å²) in [6.45, 7) is 6.68. The highest BCUT2D eigenvalue weighted by atomic mass is 32.1. The maximum Gasteiger partial charge on any atom is 0.138 e. The fourth-order valence-corrected chi connectivity index (χ4v) is 2.81. The van der Waals surface area contributed by atoms with Gasteiger partial charge in [0, 0.05) is 23.7 Å². The Bertz CT molecular complexity index is 539. The first-order valence-corrected chi connectivity index (χ1v) is 6.69. The van der Waals surface area contributed by atoms with E-state index in [9.17, 15) is 5.11 Å². The van der Waals surface area contributed by atoms with E-state index in [-0.39, 0.29) is 11.8 Å². The van der Waals surface area contributed by atoms with Crippen molar-refractivity contribution >= 4 is 11.3 Å². The average molecular weight is 263 g/mol. The fraction of sp³-hybridized carbons (Fsp3) is 0.385. The van der Waals surface area contributed by atoms with E-state index >= 15 is 0 Å². The lowest BCUT2D eigenvalue weighted by atomic mass is 10.2. The van der Waals surface area contributed by atoms with E-state index in [2.05, 4.69) is 22.2 Å². The standard InChI is InChI=1S/C13H17N3OS/c1-8(13-9(2)16-10(3)18-13)15-7-11-12(17)5-4-6-14-11/h4-6,8,15,17H,7H2,1-3H3. The molecule has 18 heavy (non-hydrogen) atoms. The maximum atomic E-state index is 9.64. The highest BCUT2D eigenvalue weighted by molar-refractivity contribution is 7.11. The van der Waals surface area contributed by atoms with Gasteiger partial charge < -0.3 is 10.4 Å². The normalized spacial score (nSPS) is 12.6. The van der Waals surface area contributed by atoms with Crippen molar-refractivity contribution in [2.45, 2.75) is 33.4 Å². The molecule has 2 rings (SSSR count). The number of hydrogen-bond acceptors (Lipinski definition) is 5. The van der Waals surface area contributed by atoms with E-state index < -0.39 is 0 Å². The molecule has 0 bridgehead atoms. The van der Waals surface area contributed by atoms with Gasteiger partial charge in [-0.05, 0) is 32.9 Å². The number of hydrogen-bond donors (Lipinski definition) is 2. The third kappa shape index (κ3) is 2.86. The third-order valence-electron chi connectivity index (χ3n) is 2.77. The Kier molecular flexibility index (Phi) is 3.93. The van der Waals surface area contributed by atoms with E-state index in [0.717, 1.165) is 10.7 Å². The first-order chi connectivity index (χ1) is 8.58. The van der Waals surface area contributed by atoms with Crippen LogP contribution in [0.3, 0.4) is 0 Å². The number of pyridine rings is 1. The molecule has 2 N–H and O–H groups in total. The molecule has 5 heteroatoms. The van der Waals surface area contributed by atoms with Crippen LogP contribution < -0.4 is 5.32 Å². The number of aromatic nitrogens is 2. The lowest BCUT2D eigenvalue weighted by Gasteiger charge is -2.12. The number of nitrogens with zero attached hydrogens (tertiary/aromatic N) is 2. The van der Waals surface area contributed by atoms with Gasteiger partial charge in [-0.2, -0.15) is 0 Å². The van der Waals surface area contributed by atoms with Crippen LogP contribution in [0.5, 0.6) is 5.75 Å². The summed E-state index contributed by atoms with van der Waals surface area (Å²) in [6, 6.07) is 3.58. The molecule has 0 aliphatic rings. The molecule has 2 aromatic rings. The molecule has 96 valence electrons. The number of nitrogens with one attached hydrogen (secondary N) is 1. The number of aromatic hydroxyl groups is 1. The summed E-state index contributed by atoms with van der Waals surface area (Å²) in [5, 5.41) is 14.1. The second kappa shape index (κ2) is 5.46. The lowest BCUT2D eigenvalue weighted by Crippen LogP contribution is -2.18. The SMILES string of the molecule is Cc1nc(C)c(C(C)NCc2ncccc2O)s1. The zero-order valence-corrected chi connectivity index (χ0v) is 11.6. The van der Waals surface area contributed by atoms with Gasteiger partial charge in [-0.25, -0.2) is 4.98 Å². The molecule has 0 spiro atoms. The van der Waals surface area contributed by atoms with Crippen LogP contribution in [0, 0.1) is 13.8 Å². The second-order valence-corrected chi connectivity index (χ2v) is 5.49. The van der Waals surface area contributed by atoms with Gasteiger partial charge in [-0.3, -0.25) is 4.98 Å². The third-order valence-corrected chi connectivity index (χ3v) is 4.03. The second-order valence-electron chi connectivity index (χ2n) is 4.25. The van der Waals surface area contributed by atoms with Crippen molar-refractivity contribution in [2.75, 3.05) is 0 Å². The Morgan fingerprint density at radius 1 is 1.44 bits per heavy atom. The summed E-state index contributed by atoms with van der Waals surface area (Å²) in [6.07, 6.45) is 1.68. The summed E-state index contributed by atoms with van der Waals surface area (Å²) in [5.41, 5.74) is 1.74. The van der Waals surface area contributed by atoms with Crippen LogP contribution >= 0.6 is 11.3 Å². The lowest BCUT2D eigenvalue weighted by molar-refractivity contribution is 0.455. The van der Waals surface area contributed by atoms with Gasteiger partial charge in [0.25, 0.3) is 0 Å². The first kappa shape index (κ1) is 13.0. The predicted octanol–water partition coefficient (Wildman–Crippen LogP) is 2.71. The van der Waals surface area contributed by atoms with Gasteiger partial charge in [0.15, 0.2) is 0 Å². The van der Waals surface area contributed by atoms with Crippen LogP contribution in [-0.2, 0) is 6.54 Å². The van der Waals surface area contributed by atoms with Gasteiger partial charge in [0.1, 0.15) is 5.75 Å². The highest BCUT2D eigenvalue weighted by Crippen LogP contribution is 2.25. The Morgan fingerprint density at radius 3 is 2.83 bits per heavy atom. The van der Waals surface area contributed by atoms with Gasteiger partial charge in [0.2, 0.25) is 0 Å². The maximum absolute atomic E-state index is 9.64. The molecule has 0 aliphatic heterocycles. The van der Waals surface area contributed by atoms with E-state index in [4.69, 9.17) is 0 Å². The van der Waals surface area contributed by atoms with Crippen LogP contribution in [0.4, 0.5) is 0 Å². The molecule has 2 aromatic heterocycles. The highest BCUT2D eigenvalue weighted by Gasteiger charge is 2.13. The van der Waals surface area contributed by atoms with Gasteiger partial charge >= 0.3 is 0 Å². The van der Waals surface area contributed by atoms with Crippen molar-refractivity contribution in [2.24, 2.45) is 0 Å². The minimum absolute atomic E-state index is 0.206. The molecule has 0 saturated carbocycles. The molecule has 1 unspecified atom stereocenters. The van der Waals surface area contributed by atoms with Crippen molar-refractivity contribution in [3.05, 3.63) is 39.6 Å². The quantitative estimate of drug-likeness (QED) is 0.890. The van der Waals surface area contributed by atoms with Crippen LogP contribution in [0.15, 0.2) is 18.3 Å². The smallest absolute Gasteiger partial charge is 0.138 e. The van der Waals surface area contributed by atoms with Crippen molar-refractivity contribution in [3.63, 3.8) is 0 Å². The molecule has 0 aliphatic carbocycles. The van der Waals surface area contributed by atoms with Crippen LogP contribution in [-0.4, -0.2) is 15.1 Å². The Balaban J connectivity index is 2.03. The minimum Gasteiger partial charge on any atom is -0.506 e.